The molecule has 4 nitrogen and oxygen atoms in total. The second kappa shape index (κ2) is 3.62. The second-order valence-corrected chi connectivity index (χ2v) is 4.31. The third kappa shape index (κ3) is 1.85. The van der Waals surface area contributed by atoms with Crippen LogP contribution in [-0.2, 0) is 4.79 Å². The predicted octanol–water partition coefficient (Wildman–Crippen LogP) is 0.817. The molecule has 0 saturated carbocycles. The van der Waals surface area contributed by atoms with Crippen LogP contribution in [0.15, 0.2) is 24.4 Å². The summed E-state index contributed by atoms with van der Waals surface area (Å²) in [6, 6.07) is 5.47. The van der Waals surface area contributed by atoms with E-state index in [0.29, 0.717) is 18.8 Å². The maximum absolute atomic E-state index is 11.7. The van der Waals surface area contributed by atoms with Crippen LogP contribution in [0.5, 0.6) is 0 Å². The van der Waals surface area contributed by atoms with Gasteiger partial charge in [0.25, 0.3) is 0 Å². The molecule has 0 aromatic carbocycles. The Labute approximate surface area is 88.6 Å². The smallest absolute Gasteiger partial charge is 0.228 e. The quantitative estimate of drug-likeness (QED) is 0.779. The minimum atomic E-state index is -0.325. The minimum absolute atomic E-state index is 0.0298. The van der Waals surface area contributed by atoms with Crippen molar-refractivity contribution in [2.45, 2.75) is 13.3 Å². The van der Waals surface area contributed by atoms with Gasteiger partial charge in [0.15, 0.2) is 0 Å². The van der Waals surface area contributed by atoms with E-state index >= 15 is 0 Å². The molecule has 1 atom stereocenters. The number of amides is 1. The summed E-state index contributed by atoms with van der Waals surface area (Å²) in [5.74, 6) is 0.699. The van der Waals surface area contributed by atoms with Crippen molar-refractivity contribution in [1.29, 1.82) is 0 Å². The molecule has 1 aliphatic rings. The SMILES string of the molecule is CC1(CO)CC(=O)N(c2ccccn2)C1. The van der Waals surface area contributed by atoms with Crippen LogP contribution in [-0.4, -0.2) is 29.1 Å². The van der Waals surface area contributed by atoms with Crippen molar-refractivity contribution < 1.29 is 9.90 Å². The summed E-state index contributed by atoms with van der Waals surface area (Å²) in [5.41, 5.74) is -0.325. The highest BCUT2D eigenvalue weighted by atomic mass is 16.3. The van der Waals surface area contributed by atoms with Crippen molar-refractivity contribution in [2.24, 2.45) is 5.41 Å². The molecule has 2 rings (SSSR count). The number of hydrogen-bond acceptors (Lipinski definition) is 3. The first-order valence-electron chi connectivity index (χ1n) is 4.97. The molecule has 1 saturated heterocycles. The Hall–Kier alpha value is -1.42. The fraction of sp³-hybridized carbons (Fsp3) is 0.455. The van der Waals surface area contributed by atoms with Gasteiger partial charge in [0.2, 0.25) is 5.91 Å². The molecule has 0 aliphatic carbocycles. The highest BCUT2D eigenvalue weighted by Gasteiger charge is 2.39. The van der Waals surface area contributed by atoms with Crippen molar-refractivity contribution in [3.63, 3.8) is 0 Å². The van der Waals surface area contributed by atoms with Gasteiger partial charge in [-0.1, -0.05) is 13.0 Å². The van der Waals surface area contributed by atoms with E-state index in [2.05, 4.69) is 4.98 Å². The Balaban J connectivity index is 2.23. The van der Waals surface area contributed by atoms with Crippen molar-refractivity contribution in [2.75, 3.05) is 18.1 Å². The Morgan fingerprint density at radius 3 is 2.93 bits per heavy atom. The molecule has 2 heterocycles. The molecule has 1 unspecified atom stereocenters. The minimum Gasteiger partial charge on any atom is -0.396 e. The molecular formula is C11H14N2O2. The van der Waals surface area contributed by atoms with Gasteiger partial charge in [0.05, 0.1) is 6.61 Å². The van der Waals surface area contributed by atoms with Crippen molar-refractivity contribution in [1.82, 2.24) is 4.98 Å². The first-order valence-corrected chi connectivity index (χ1v) is 4.97. The normalized spacial score (nSPS) is 26.0. The number of carbonyl (C=O) groups excluding carboxylic acids is 1. The number of rotatable bonds is 2. The van der Waals surface area contributed by atoms with Crippen LogP contribution < -0.4 is 4.90 Å². The van der Waals surface area contributed by atoms with Gasteiger partial charge in [0.1, 0.15) is 5.82 Å². The number of hydrogen-bond donors (Lipinski definition) is 1. The van der Waals surface area contributed by atoms with E-state index in [0.717, 1.165) is 0 Å². The third-order valence-electron chi connectivity index (χ3n) is 2.73. The molecule has 0 bridgehead atoms. The largest absolute Gasteiger partial charge is 0.396 e. The molecule has 1 aromatic heterocycles. The van der Waals surface area contributed by atoms with Gasteiger partial charge in [0, 0.05) is 24.6 Å². The molecule has 4 heteroatoms. The monoisotopic (exact) mass is 206 g/mol. The highest BCUT2D eigenvalue weighted by Crippen LogP contribution is 2.32. The van der Waals surface area contributed by atoms with Crippen LogP contribution in [0.2, 0.25) is 0 Å². The van der Waals surface area contributed by atoms with Crippen LogP contribution >= 0.6 is 0 Å². The zero-order valence-corrected chi connectivity index (χ0v) is 8.68. The summed E-state index contributed by atoms with van der Waals surface area (Å²) in [7, 11) is 0. The number of aliphatic hydroxyl groups excluding tert-OH is 1. The Morgan fingerprint density at radius 2 is 2.40 bits per heavy atom. The lowest BCUT2D eigenvalue weighted by atomic mass is 9.91. The van der Waals surface area contributed by atoms with Crippen molar-refractivity contribution >= 4 is 11.7 Å². The predicted molar refractivity (Wildman–Crippen MR) is 56.4 cm³/mol. The first-order chi connectivity index (χ1) is 7.14. The van der Waals surface area contributed by atoms with Crippen molar-refractivity contribution in [3.05, 3.63) is 24.4 Å². The summed E-state index contributed by atoms with van der Waals surface area (Å²) in [6.07, 6.45) is 2.05. The third-order valence-corrected chi connectivity index (χ3v) is 2.73. The molecular weight excluding hydrogens is 192 g/mol. The first kappa shape index (κ1) is 10.1. The van der Waals surface area contributed by atoms with Gasteiger partial charge in [-0.2, -0.15) is 0 Å². The maximum Gasteiger partial charge on any atom is 0.228 e. The number of carbonyl (C=O) groups is 1. The molecule has 80 valence electrons. The van der Waals surface area contributed by atoms with Gasteiger partial charge in [-0.15, -0.1) is 0 Å². The molecule has 1 aliphatic heterocycles. The van der Waals surface area contributed by atoms with Gasteiger partial charge >= 0.3 is 0 Å². The highest BCUT2D eigenvalue weighted by molar-refractivity contribution is 5.95. The van der Waals surface area contributed by atoms with Crippen LogP contribution in [0.1, 0.15) is 13.3 Å². The lowest BCUT2D eigenvalue weighted by Gasteiger charge is -2.20. The van der Waals surface area contributed by atoms with Gasteiger partial charge < -0.3 is 5.11 Å². The van der Waals surface area contributed by atoms with Crippen LogP contribution in [0.4, 0.5) is 5.82 Å². The summed E-state index contributed by atoms with van der Waals surface area (Å²) in [5, 5.41) is 9.21. The number of aromatic nitrogens is 1. The summed E-state index contributed by atoms with van der Waals surface area (Å²) in [4.78, 5) is 17.5. The van der Waals surface area contributed by atoms with E-state index < -0.39 is 0 Å². The van der Waals surface area contributed by atoms with E-state index in [1.807, 2.05) is 19.1 Å². The van der Waals surface area contributed by atoms with E-state index in [1.54, 1.807) is 17.2 Å². The topological polar surface area (TPSA) is 53.4 Å². The Morgan fingerprint density at radius 1 is 1.60 bits per heavy atom. The average Bonchev–Trinajstić information content (AvgIpc) is 2.57. The van der Waals surface area contributed by atoms with Crippen molar-refractivity contribution in [3.8, 4) is 0 Å². The van der Waals surface area contributed by atoms with Crippen LogP contribution in [0.25, 0.3) is 0 Å². The average molecular weight is 206 g/mol. The zero-order chi connectivity index (χ0) is 10.9. The molecule has 1 aromatic rings. The van der Waals surface area contributed by atoms with E-state index in [1.165, 1.54) is 0 Å². The molecule has 1 N–H and O–H groups in total. The molecule has 0 spiro atoms. The van der Waals surface area contributed by atoms with E-state index in [9.17, 15) is 9.90 Å². The molecule has 0 radical (unpaired) electrons. The lowest BCUT2D eigenvalue weighted by molar-refractivity contribution is -0.118. The fourth-order valence-electron chi connectivity index (χ4n) is 1.81. The number of aliphatic hydroxyl groups is 1. The Kier molecular flexibility index (Phi) is 2.44. The summed E-state index contributed by atoms with van der Waals surface area (Å²) < 4.78 is 0. The summed E-state index contributed by atoms with van der Waals surface area (Å²) in [6.45, 7) is 2.48. The number of anilines is 1. The van der Waals surface area contributed by atoms with Crippen LogP contribution in [0, 0.1) is 5.41 Å². The number of pyridine rings is 1. The molecule has 1 fully saturated rings. The molecule has 15 heavy (non-hydrogen) atoms. The van der Waals surface area contributed by atoms with Gasteiger partial charge in [-0.25, -0.2) is 4.98 Å². The van der Waals surface area contributed by atoms with E-state index in [-0.39, 0.29) is 17.9 Å². The van der Waals surface area contributed by atoms with Gasteiger partial charge in [-0.3, -0.25) is 9.69 Å². The number of nitrogens with zero attached hydrogens (tertiary/aromatic N) is 2. The standard InChI is InChI=1S/C11H14N2O2/c1-11(8-14)6-10(15)13(7-11)9-4-2-3-5-12-9/h2-5,14H,6-8H2,1H3. The zero-order valence-electron chi connectivity index (χ0n) is 8.68. The summed E-state index contributed by atoms with van der Waals surface area (Å²) >= 11 is 0. The maximum atomic E-state index is 11.7. The Bertz CT molecular complexity index is 366. The van der Waals surface area contributed by atoms with Crippen LogP contribution in [0.3, 0.4) is 0 Å². The molecule has 1 amide bonds. The van der Waals surface area contributed by atoms with Gasteiger partial charge in [-0.05, 0) is 12.1 Å². The van der Waals surface area contributed by atoms with E-state index in [4.69, 9.17) is 0 Å². The second-order valence-electron chi connectivity index (χ2n) is 4.31. The fourth-order valence-corrected chi connectivity index (χ4v) is 1.81. The lowest BCUT2D eigenvalue weighted by Crippen LogP contribution is -2.29.